The van der Waals surface area contributed by atoms with E-state index in [-0.39, 0.29) is 29.5 Å². The average molecular weight is 515 g/mol. The largest absolute Gasteiger partial charge is 0.493 e. The Balaban J connectivity index is 1.53. The zero-order valence-electron chi connectivity index (χ0n) is 22.5. The Bertz CT molecular complexity index is 1340. The molecule has 7 heteroatoms. The van der Waals surface area contributed by atoms with Crippen LogP contribution in [0.25, 0.3) is 6.08 Å². The number of carbonyl (C=O) groups is 2. The first-order valence-corrected chi connectivity index (χ1v) is 12.6. The van der Waals surface area contributed by atoms with Crippen molar-refractivity contribution in [3.63, 3.8) is 0 Å². The molecule has 0 spiro atoms. The summed E-state index contributed by atoms with van der Waals surface area (Å²) in [6.45, 7) is 6.60. The number of rotatable bonds is 8. The lowest BCUT2D eigenvalue weighted by Crippen LogP contribution is -2.44. The summed E-state index contributed by atoms with van der Waals surface area (Å²) in [7, 11) is 3.18. The SMILES string of the molecule is COc1ccc(CCNC(=O)CN2C(=O)/C(=C/c3ccccc3)Oc3ccc(C(C)(C)C)cc32)cc1OC. The van der Waals surface area contributed by atoms with Crippen molar-refractivity contribution >= 4 is 23.6 Å². The van der Waals surface area contributed by atoms with E-state index in [2.05, 4.69) is 26.1 Å². The van der Waals surface area contributed by atoms with Crippen molar-refractivity contribution in [3.05, 3.63) is 89.2 Å². The van der Waals surface area contributed by atoms with Crippen LogP contribution in [0.1, 0.15) is 37.5 Å². The van der Waals surface area contributed by atoms with Crippen LogP contribution in [-0.4, -0.2) is 39.1 Å². The second-order valence-electron chi connectivity index (χ2n) is 10.1. The van der Waals surface area contributed by atoms with Gasteiger partial charge in [-0.05, 0) is 58.9 Å². The van der Waals surface area contributed by atoms with E-state index in [4.69, 9.17) is 14.2 Å². The van der Waals surface area contributed by atoms with E-state index in [1.165, 1.54) is 4.90 Å². The summed E-state index contributed by atoms with van der Waals surface area (Å²) in [5, 5.41) is 2.94. The molecule has 0 saturated carbocycles. The van der Waals surface area contributed by atoms with Crippen LogP contribution in [0.2, 0.25) is 0 Å². The monoisotopic (exact) mass is 514 g/mol. The first-order chi connectivity index (χ1) is 18.2. The molecule has 0 atom stereocenters. The van der Waals surface area contributed by atoms with Crippen molar-refractivity contribution in [2.45, 2.75) is 32.6 Å². The van der Waals surface area contributed by atoms with E-state index in [9.17, 15) is 9.59 Å². The molecule has 4 rings (SSSR count). The quantitative estimate of drug-likeness (QED) is 0.422. The second-order valence-corrected chi connectivity index (χ2v) is 10.1. The summed E-state index contributed by atoms with van der Waals surface area (Å²) in [5.74, 6) is 1.38. The number of hydrogen-bond acceptors (Lipinski definition) is 5. The van der Waals surface area contributed by atoms with Crippen molar-refractivity contribution < 1.29 is 23.8 Å². The van der Waals surface area contributed by atoms with Crippen LogP contribution < -0.4 is 24.4 Å². The molecule has 2 amide bonds. The van der Waals surface area contributed by atoms with Crippen LogP contribution in [0.5, 0.6) is 17.2 Å². The summed E-state index contributed by atoms with van der Waals surface area (Å²) in [6.07, 6.45) is 2.30. The van der Waals surface area contributed by atoms with E-state index in [1.54, 1.807) is 20.3 Å². The minimum atomic E-state index is -0.359. The number of ether oxygens (including phenoxy) is 3. The maximum Gasteiger partial charge on any atom is 0.294 e. The molecule has 3 aromatic carbocycles. The maximum atomic E-state index is 13.5. The third kappa shape index (κ3) is 6.17. The molecule has 0 saturated heterocycles. The molecule has 7 nitrogen and oxygen atoms in total. The van der Waals surface area contributed by atoms with E-state index in [0.29, 0.717) is 35.9 Å². The molecular formula is C31H34N2O5. The Labute approximate surface area is 224 Å². The fourth-order valence-corrected chi connectivity index (χ4v) is 4.22. The summed E-state index contributed by atoms with van der Waals surface area (Å²) < 4.78 is 16.7. The van der Waals surface area contributed by atoms with E-state index in [0.717, 1.165) is 16.7 Å². The number of amides is 2. The van der Waals surface area contributed by atoms with Gasteiger partial charge in [0.05, 0.1) is 19.9 Å². The highest BCUT2D eigenvalue weighted by Crippen LogP contribution is 2.39. The van der Waals surface area contributed by atoms with Crippen molar-refractivity contribution in [3.8, 4) is 17.2 Å². The summed E-state index contributed by atoms with van der Waals surface area (Å²) >= 11 is 0. The Morgan fingerprint density at radius 1 is 0.974 bits per heavy atom. The average Bonchev–Trinajstić information content (AvgIpc) is 2.90. The fourth-order valence-electron chi connectivity index (χ4n) is 4.22. The molecule has 0 aromatic heterocycles. The van der Waals surface area contributed by atoms with Gasteiger partial charge >= 0.3 is 0 Å². The topological polar surface area (TPSA) is 77.1 Å². The molecule has 1 aliphatic heterocycles. The Morgan fingerprint density at radius 3 is 2.39 bits per heavy atom. The highest BCUT2D eigenvalue weighted by molar-refractivity contribution is 6.12. The van der Waals surface area contributed by atoms with E-state index >= 15 is 0 Å². The molecule has 0 radical (unpaired) electrons. The number of benzene rings is 3. The van der Waals surface area contributed by atoms with Crippen LogP contribution in [0, 0.1) is 0 Å². The Hall–Kier alpha value is -4.26. The highest BCUT2D eigenvalue weighted by atomic mass is 16.5. The van der Waals surface area contributed by atoms with Gasteiger partial charge in [-0.2, -0.15) is 0 Å². The minimum Gasteiger partial charge on any atom is -0.493 e. The number of anilines is 1. The zero-order valence-corrected chi connectivity index (χ0v) is 22.5. The third-order valence-electron chi connectivity index (χ3n) is 6.37. The molecular weight excluding hydrogens is 480 g/mol. The smallest absolute Gasteiger partial charge is 0.294 e. The van der Waals surface area contributed by atoms with Crippen molar-refractivity contribution in [2.24, 2.45) is 0 Å². The van der Waals surface area contributed by atoms with Gasteiger partial charge in [-0.3, -0.25) is 14.5 Å². The molecule has 0 aliphatic carbocycles. The number of methoxy groups -OCH3 is 2. The lowest BCUT2D eigenvalue weighted by molar-refractivity contribution is -0.123. The van der Waals surface area contributed by atoms with Gasteiger partial charge < -0.3 is 19.5 Å². The molecule has 38 heavy (non-hydrogen) atoms. The van der Waals surface area contributed by atoms with Gasteiger partial charge in [0.15, 0.2) is 23.0 Å². The van der Waals surface area contributed by atoms with E-state index in [1.807, 2.05) is 66.7 Å². The molecule has 3 aromatic rings. The standard InChI is InChI=1S/C31H34N2O5/c1-31(2,3)23-12-14-25-24(19-23)33(30(35)28(38-25)18-21-9-7-6-8-10-21)20-29(34)32-16-15-22-11-13-26(36-4)27(17-22)37-5/h6-14,17-19H,15-16,20H2,1-5H3,(H,32,34)/b28-18-. The zero-order chi connectivity index (χ0) is 27.3. The fraction of sp³-hybridized carbons (Fsp3) is 0.290. The van der Waals surface area contributed by atoms with Gasteiger partial charge in [0.25, 0.3) is 5.91 Å². The molecule has 198 valence electrons. The van der Waals surface area contributed by atoms with Crippen molar-refractivity contribution in [2.75, 3.05) is 32.2 Å². The number of nitrogens with one attached hydrogen (secondary N) is 1. The lowest BCUT2D eigenvalue weighted by Gasteiger charge is -2.32. The maximum absolute atomic E-state index is 13.5. The third-order valence-corrected chi connectivity index (χ3v) is 6.37. The molecule has 0 bridgehead atoms. The highest BCUT2D eigenvalue weighted by Gasteiger charge is 2.33. The van der Waals surface area contributed by atoms with Crippen LogP contribution in [0.3, 0.4) is 0 Å². The van der Waals surface area contributed by atoms with Crippen LogP contribution in [0.4, 0.5) is 5.69 Å². The van der Waals surface area contributed by atoms with Crippen LogP contribution >= 0.6 is 0 Å². The van der Waals surface area contributed by atoms with E-state index < -0.39 is 0 Å². The predicted octanol–water partition coefficient (Wildman–Crippen LogP) is 5.13. The lowest BCUT2D eigenvalue weighted by atomic mass is 9.86. The molecule has 1 N–H and O–H groups in total. The van der Waals surface area contributed by atoms with Gasteiger partial charge in [-0.15, -0.1) is 0 Å². The number of hydrogen-bond donors (Lipinski definition) is 1. The summed E-state index contributed by atoms with van der Waals surface area (Å²) in [5.41, 5.74) is 3.33. The number of fused-ring (bicyclic) bond motifs is 1. The van der Waals surface area contributed by atoms with Crippen molar-refractivity contribution in [1.29, 1.82) is 0 Å². The first kappa shape index (κ1) is 26.8. The van der Waals surface area contributed by atoms with Crippen molar-refractivity contribution in [1.82, 2.24) is 5.32 Å². The molecule has 1 heterocycles. The van der Waals surface area contributed by atoms with Gasteiger partial charge in [0, 0.05) is 6.54 Å². The molecule has 0 fully saturated rings. The normalized spacial score (nSPS) is 14.1. The van der Waals surface area contributed by atoms with Gasteiger partial charge in [0.1, 0.15) is 6.54 Å². The van der Waals surface area contributed by atoms with Gasteiger partial charge in [-0.1, -0.05) is 63.2 Å². The summed E-state index contributed by atoms with van der Waals surface area (Å²) in [6, 6.07) is 21.0. The Morgan fingerprint density at radius 2 is 1.71 bits per heavy atom. The minimum absolute atomic E-state index is 0.124. The van der Waals surface area contributed by atoms with Crippen LogP contribution in [0.15, 0.2) is 72.5 Å². The van der Waals surface area contributed by atoms with Crippen LogP contribution in [-0.2, 0) is 21.4 Å². The first-order valence-electron chi connectivity index (χ1n) is 12.6. The molecule has 0 unspecified atom stereocenters. The molecule has 1 aliphatic rings. The van der Waals surface area contributed by atoms with Gasteiger partial charge in [0.2, 0.25) is 5.91 Å². The van der Waals surface area contributed by atoms with Gasteiger partial charge in [-0.25, -0.2) is 0 Å². The Kier molecular flexibility index (Phi) is 8.05. The summed E-state index contributed by atoms with van der Waals surface area (Å²) in [4.78, 5) is 28.1. The second kappa shape index (κ2) is 11.4. The number of carbonyl (C=O) groups excluding carboxylic acids is 2. The number of nitrogens with zero attached hydrogens (tertiary/aromatic N) is 1. The predicted molar refractivity (Wildman–Crippen MR) is 149 cm³/mol.